The van der Waals surface area contributed by atoms with Gasteiger partial charge >= 0.3 is 0 Å². The van der Waals surface area contributed by atoms with E-state index in [2.05, 4.69) is 178 Å². The maximum Gasteiger partial charge on any atom is 0.165 e. The number of nitrogens with zero attached hydrogens (tertiary/aromatic N) is 5. The monoisotopic (exact) mass is 887 g/mol. The molecule has 3 aliphatic rings. The van der Waals surface area contributed by atoms with E-state index >= 15 is 0 Å². The highest BCUT2D eigenvalue weighted by molar-refractivity contribution is 6.10. The average molecular weight is 888 g/mol. The fraction of sp³-hybridized carbons (Fsp3) is 0.302. The van der Waals surface area contributed by atoms with Crippen molar-refractivity contribution in [3.63, 3.8) is 0 Å². The molecule has 5 aromatic carbocycles. The molecule has 2 aromatic heterocycles. The fourth-order valence-corrected chi connectivity index (χ4v) is 10.3. The van der Waals surface area contributed by atoms with E-state index in [1.807, 2.05) is 48.6 Å². The van der Waals surface area contributed by atoms with Crippen LogP contribution in [0.15, 0.2) is 144 Å². The molecule has 2 heterocycles. The van der Waals surface area contributed by atoms with Crippen LogP contribution in [0.2, 0.25) is 0 Å². The van der Waals surface area contributed by atoms with Crippen LogP contribution in [-0.4, -0.2) is 19.5 Å². The molecule has 5 nitrogen and oxygen atoms in total. The van der Waals surface area contributed by atoms with Gasteiger partial charge in [0, 0.05) is 39.1 Å². The van der Waals surface area contributed by atoms with E-state index in [4.69, 9.17) is 15.0 Å². The SMILES string of the molecule is CC(C)(C)C1=CC2=C(CC1)C(c1cc(-n3c4ccc(C(C)(C)C)cc4c4cc(C(C)(C)C)ccc43)cc(C#N)c1-c1nc(C3=CC=C=C=C3)nc(-c3ccccc3)n1)c1ccc(C(C)(C)C)cc12. The largest absolute Gasteiger partial charge is 0.309 e. The van der Waals surface area contributed by atoms with Gasteiger partial charge < -0.3 is 4.57 Å². The second-order valence-electron chi connectivity index (χ2n) is 23.1. The van der Waals surface area contributed by atoms with E-state index in [1.54, 1.807) is 0 Å². The van der Waals surface area contributed by atoms with E-state index in [-0.39, 0.29) is 27.6 Å². The van der Waals surface area contributed by atoms with Gasteiger partial charge in [0.05, 0.1) is 22.7 Å². The molecule has 7 aromatic rings. The van der Waals surface area contributed by atoms with Gasteiger partial charge in [0.25, 0.3) is 0 Å². The first-order valence-corrected chi connectivity index (χ1v) is 24.2. The zero-order valence-electron chi connectivity index (χ0n) is 41.8. The third kappa shape index (κ3) is 7.83. The minimum Gasteiger partial charge on any atom is -0.309 e. The summed E-state index contributed by atoms with van der Waals surface area (Å²) in [5.74, 6) is 1.36. The highest BCUT2D eigenvalue weighted by Crippen LogP contribution is 2.55. The molecule has 5 heteroatoms. The number of rotatable bonds is 5. The highest BCUT2D eigenvalue weighted by Gasteiger charge is 2.38. The Balaban J connectivity index is 1.33. The molecular formula is C63H61N5. The Labute approximate surface area is 402 Å². The summed E-state index contributed by atoms with van der Waals surface area (Å²) < 4.78 is 2.38. The molecule has 68 heavy (non-hydrogen) atoms. The van der Waals surface area contributed by atoms with E-state index in [9.17, 15) is 5.26 Å². The molecule has 0 radical (unpaired) electrons. The number of hydrogen-bond acceptors (Lipinski definition) is 4. The van der Waals surface area contributed by atoms with E-state index in [0.717, 1.165) is 51.8 Å². The summed E-state index contributed by atoms with van der Waals surface area (Å²) in [4.78, 5) is 15.7. The third-order valence-corrected chi connectivity index (χ3v) is 14.3. The van der Waals surface area contributed by atoms with Gasteiger partial charge in [-0.1, -0.05) is 172 Å². The zero-order valence-corrected chi connectivity index (χ0v) is 41.8. The summed E-state index contributed by atoms with van der Waals surface area (Å²) in [7, 11) is 0. The van der Waals surface area contributed by atoms with Gasteiger partial charge in [-0.2, -0.15) is 5.26 Å². The third-order valence-electron chi connectivity index (χ3n) is 14.3. The number of fused-ring (bicyclic) bond motifs is 5. The molecule has 0 N–H and O–H groups in total. The van der Waals surface area contributed by atoms with Crippen molar-refractivity contribution >= 4 is 33.0 Å². The number of benzene rings is 5. The van der Waals surface area contributed by atoms with Crippen molar-refractivity contribution in [1.82, 2.24) is 19.5 Å². The first-order valence-electron chi connectivity index (χ1n) is 24.2. The van der Waals surface area contributed by atoms with Crippen LogP contribution in [-0.2, 0) is 16.2 Å². The second kappa shape index (κ2) is 16.0. The van der Waals surface area contributed by atoms with Crippen LogP contribution in [0.25, 0.3) is 61.4 Å². The van der Waals surface area contributed by atoms with Gasteiger partial charge in [0.2, 0.25) is 0 Å². The normalized spacial score (nSPS) is 16.0. The molecule has 0 amide bonds. The fourth-order valence-electron chi connectivity index (χ4n) is 10.3. The van der Waals surface area contributed by atoms with Gasteiger partial charge in [-0.25, -0.2) is 15.0 Å². The molecular weight excluding hydrogens is 827 g/mol. The average Bonchev–Trinajstić information content (AvgIpc) is 3.82. The number of aromatic nitrogens is 4. The molecule has 0 aliphatic heterocycles. The summed E-state index contributed by atoms with van der Waals surface area (Å²) in [6.07, 6.45) is 10.0. The number of hydrogen-bond donors (Lipinski definition) is 0. The Kier molecular flexibility index (Phi) is 10.5. The Morgan fingerprint density at radius 3 is 1.79 bits per heavy atom. The summed E-state index contributed by atoms with van der Waals surface area (Å²) in [6, 6.07) is 38.2. The topological polar surface area (TPSA) is 67.4 Å². The molecule has 0 fully saturated rings. The molecule has 338 valence electrons. The molecule has 10 rings (SSSR count). The minimum absolute atomic E-state index is 0.0233. The quantitative estimate of drug-likeness (QED) is 0.162. The second-order valence-corrected chi connectivity index (χ2v) is 23.1. The predicted octanol–water partition coefficient (Wildman–Crippen LogP) is 16.0. The van der Waals surface area contributed by atoms with Crippen LogP contribution in [0.4, 0.5) is 0 Å². The maximum atomic E-state index is 11.6. The molecule has 0 saturated heterocycles. The van der Waals surface area contributed by atoms with Gasteiger partial charge in [-0.3, -0.25) is 0 Å². The van der Waals surface area contributed by atoms with Gasteiger partial charge in [-0.15, -0.1) is 0 Å². The van der Waals surface area contributed by atoms with E-state index < -0.39 is 0 Å². The van der Waals surface area contributed by atoms with E-state index in [1.165, 1.54) is 55.3 Å². The minimum atomic E-state index is -0.165. The standard InChI is InChI=1S/C63H61N5/c1-60(2,3)41-23-27-46-48(32-41)49-33-42(61(4,5)6)24-28-47(49)56(46)52-36-45(68-53-29-25-43(62(7,8)9)34-50(53)51-35-44(63(10,11)12)26-30-54(51)68)31-40(37-64)55(52)59-66-57(38-19-15-13-16-20-38)65-58(67-59)39-21-17-14-18-22-39/h13,15-17,19-23,25-27,29-36,56H,24,28H2,1-12H3. The molecule has 0 saturated carbocycles. The summed E-state index contributed by atoms with van der Waals surface area (Å²) >= 11 is 0. The van der Waals surface area contributed by atoms with Gasteiger partial charge in [0.1, 0.15) is 0 Å². The van der Waals surface area contributed by atoms with Crippen molar-refractivity contribution in [2.75, 3.05) is 0 Å². The lowest BCUT2D eigenvalue weighted by molar-refractivity contribution is 0.479. The maximum absolute atomic E-state index is 11.6. The first-order chi connectivity index (χ1) is 32.2. The van der Waals surface area contributed by atoms with Crippen molar-refractivity contribution in [3.8, 4) is 34.5 Å². The Bertz CT molecular complexity index is 3430. The van der Waals surface area contributed by atoms with Crippen LogP contribution >= 0.6 is 0 Å². The highest BCUT2D eigenvalue weighted by atomic mass is 15.0. The Morgan fingerprint density at radius 1 is 0.603 bits per heavy atom. The van der Waals surface area contributed by atoms with Crippen molar-refractivity contribution < 1.29 is 0 Å². The molecule has 0 bridgehead atoms. The van der Waals surface area contributed by atoms with Crippen molar-refractivity contribution in [2.45, 2.75) is 118 Å². The lowest BCUT2D eigenvalue weighted by Gasteiger charge is -2.29. The molecule has 1 unspecified atom stereocenters. The molecule has 1 atom stereocenters. The van der Waals surface area contributed by atoms with Crippen molar-refractivity contribution in [3.05, 3.63) is 189 Å². The first kappa shape index (κ1) is 44.7. The number of allylic oxidation sites excluding steroid dienone is 8. The Hall–Kier alpha value is -7.08. The van der Waals surface area contributed by atoms with E-state index in [0.29, 0.717) is 23.0 Å². The summed E-state index contributed by atoms with van der Waals surface area (Å²) in [5, 5.41) is 14.0. The Morgan fingerprint density at radius 2 is 1.21 bits per heavy atom. The number of nitriles is 1. The van der Waals surface area contributed by atoms with Gasteiger partial charge in [0.15, 0.2) is 17.5 Å². The summed E-state index contributed by atoms with van der Waals surface area (Å²) in [6.45, 7) is 27.5. The van der Waals surface area contributed by atoms with Crippen LogP contribution in [0, 0.1) is 16.7 Å². The lowest BCUT2D eigenvalue weighted by Crippen LogP contribution is -2.14. The summed E-state index contributed by atoms with van der Waals surface area (Å²) in [5.41, 5.74) is 23.6. The smallest absolute Gasteiger partial charge is 0.165 e. The molecule has 3 aliphatic carbocycles. The van der Waals surface area contributed by atoms with Crippen molar-refractivity contribution in [1.29, 1.82) is 5.26 Å². The molecule has 0 spiro atoms. The van der Waals surface area contributed by atoms with Crippen LogP contribution in [0.3, 0.4) is 0 Å². The van der Waals surface area contributed by atoms with Gasteiger partial charge in [-0.05, 0) is 128 Å². The van der Waals surface area contributed by atoms with Crippen LogP contribution < -0.4 is 0 Å². The van der Waals surface area contributed by atoms with Crippen LogP contribution in [0.1, 0.15) is 147 Å². The van der Waals surface area contributed by atoms with Crippen LogP contribution in [0.5, 0.6) is 0 Å². The zero-order chi connectivity index (χ0) is 48.1. The predicted molar refractivity (Wildman–Crippen MR) is 282 cm³/mol. The van der Waals surface area contributed by atoms with Crippen molar-refractivity contribution in [2.24, 2.45) is 5.41 Å². The lowest BCUT2D eigenvalue weighted by atomic mass is 9.76.